The van der Waals surface area contributed by atoms with E-state index >= 15 is 0 Å². The molecule has 0 bridgehead atoms. The van der Waals surface area contributed by atoms with E-state index in [1.807, 2.05) is 14.1 Å². The normalized spacial score (nSPS) is 15.5. The number of nitrogens with zero attached hydrogens (tertiary/aromatic N) is 2. The summed E-state index contributed by atoms with van der Waals surface area (Å²) in [6.07, 6.45) is 5.19. The van der Waals surface area contributed by atoms with Crippen molar-refractivity contribution in [3.05, 3.63) is 48.0 Å². The van der Waals surface area contributed by atoms with E-state index in [1.165, 1.54) is 0 Å². The molecular weight excluding hydrogens is 264 g/mol. The van der Waals surface area contributed by atoms with Crippen molar-refractivity contribution in [3.63, 3.8) is 0 Å². The zero-order chi connectivity index (χ0) is 14.9. The number of imidazole rings is 1. The van der Waals surface area contributed by atoms with Gasteiger partial charge in [0.2, 0.25) is 5.91 Å². The first-order valence-corrected chi connectivity index (χ1v) is 7.15. The second kappa shape index (κ2) is 5.24. The van der Waals surface area contributed by atoms with Crippen LogP contribution in [0.3, 0.4) is 0 Å². The third-order valence-electron chi connectivity index (χ3n) is 4.12. The fourth-order valence-corrected chi connectivity index (χ4v) is 2.58. The number of rotatable bonds is 5. The number of nitrogens with one attached hydrogen (secondary N) is 2. The van der Waals surface area contributed by atoms with Crippen LogP contribution >= 0.6 is 0 Å². The van der Waals surface area contributed by atoms with Gasteiger partial charge in [-0.3, -0.25) is 4.79 Å². The summed E-state index contributed by atoms with van der Waals surface area (Å²) in [5, 5.41) is 3.00. The number of carbonyl (C=O) groups excluding carboxylic acids is 1. The number of H-pyrrole nitrogens is 1. The Kier molecular flexibility index (Phi) is 3.41. The van der Waals surface area contributed by atoms with Gasteiger partial charge in [0, 0.05) is 26.0 Å². The Morgan fingerprint density at radius 2 is 2.05 bits per heavy atom. The van der Waals surface area contributed by atoms with E-state index in [0.717, 1.165) is 29.8 Å². The Morgan fingerprint density at radius 3 is 2.57 bits per heavy atom. The molecule has 0 spiro atoms. The van der Waals surface area contributed by atoms with Gasteiger partial charge in [-0.2, -0.15) is 0 Å². The Morgan fingerprint density at radius 1 is 1.33 bits per heavy atom. The van der Waals surface area contributed by atoms with Gasteiger partial charge in [0.15, 0.2) is 0 Å². The van der Waals surface area contributed by atoms with Crippen molar-refractivity contribution in [2.45, 2.75) is 24.8 Å². The summed E-state index contributed by atoms with van der Waals surface area (Å²) in [7, 11) is 4.03. The third-order valence-corrected chi connectivity index (χ3v) is 4.12. The van der Waals surface area contributed by atoms with Crippen LogP contribution in [0, 0.1) is 0 Å². The number of amides is 1. The first-order valence-electron chi connectivity index (χ1n) is 7.15. The Bertz CT molecular complexity index is 612. The molecule has 1 amide bonds. The molecule has 5 heteroatoms. The number of aromatic amines is 1. The fourth-order valence-electron chi connectivity index (χ4n) is 2.58. The maximum Gasteiger partial charge on any atom is 0.230 e. The summed E-state index contributed by atoms with van der Waals surface area (Å²) < 4.78 is 0. The number of hydrogen-bond donors (Lipinski definition) is 2. The van der Waals surface area contributed by atoms with E-state index in [-0.39, 0.29) is 11.3 Å². The summed E-state index contributed by atoms with van der Waals surface area (Å²) in [4.78, 5) is 21.5. The van der Waals surface area contributed by atoms with Crippen molar-refractivity contribution in [1.29, 1.82) is 0 Å². The summed E-state index contributed by atoms with van der Waals surface area (Å²) in [5.74, 6) is 0.106. The van der Waals surface area contributed by atoms with Crippen molar-refractivity contribution >= 4 is 11.6 Å². The molecule has 0 saturated heterocycles. The summed E-state index contributed by atoms with van der Waals surface area (Å²) in [6.45, 7) is 0.496. The molecule has 1 aromatic heterocycles. The lowest BCUT2D eigenvalue weighted by Crippen LogP contribution is -2.34. The third kappa shape index (κ3) is 2.63. The van der Waals surface area contributed by atoms with Crippen LogP contribution in [0.5, 0.6) is 0 Å². The number of aromatic nitrogens is 2. The maximum absolute atomic E-state index is 12.5. The molecule has 110 valence electrons. The van der Waals surface area contributed by atoms with E-state index in [4.69, 9.17) is 0 Å². The van der Waals surface area contributed by atoms with E-state index in [2.05, 4.69) is 44.5 Å². The van der Waals surface area contributed by atoms with Crippen LogP contribution in [0.4, 0.5) is 5.69 Å². The molecule has 1 fully saturated rings. The van der Waals surface area contributed by atoms with Crippen LogP contribution in [-0.2, 0) is 16.8 Å². The minimum atomic E-state index is -0.329. The van der Waals surface area contributed by atoms with Crippen LogP contribution in [0.25, 0.3) is 0 Å². The highest BCUT2D eigenvalue weighted by molar-refractivity contribution is 5.91. The highest BCUT2D eigenvalue weighted by atomic mass is 16.2. The summed E-state index contributed by atoms with van der Waals surface area (Å²) >= 11 is 0. The molecule has 1 heterocycles. The average molecular weight is 284 g/mol. The molecule has 1 aliphatic rings. The van der Waals surface area contributed by atoms with Gasteiger partial charge in [0.1, 0.15) is 0 Å². The van der Waals surface area contributed by atoms with Gasteiger partial charge in [0.25, 0.3) is 0 Å². The van der Waals surface area contributed by atoms with Crippen molar-refractivity contribution in [2.75, 3.05) is 19.0 Å². The van der Waals surface area contributed by atoms with Crippen molar-refractivity contribution < 1.29 is 4.79 Å². The largest absolute Gasteiger partial charge is 0.378 e. The van der Waals surface area contributed by atoms with E-state index in [9.17, 15) is 4.79 Å². The lowest BCUT2D eigenvalue weighted by Gasteiger charge is -2.18. The zero-order valence-electron chi connectivity index (χ0n) is 12.4. The molecule has 1 aromatic carbocycles. The van der Waals surface area contributed by atoms with Gasteiger partial charge in [0.05, 0.1) is 24.0 Å². The highest BCUT2D eigenvalue weighted by Gasteiger charge is 2.51. The molecule has 1 aliphatic carbocycles. The van der Waals surface area contributed by atoms with Crippen LogP contribution in [0.1, 0.15) is 24.1 Å². The van der Waals surface area contributed by atoms with Gasteiger partial charge in [-0.25, -0.2) is 4.98 Å². The zero-order valence-corrected chi connectivity index (χ0v) is 12.4. The summed E-state index contributed by atoms with van der Waals surface area (Å²) in [6, 6.07) is 8.27. The van der Waals surface area contributed by atoms with Gasteiger partial charge in [-0.15, -0.1) is 0 Å². The minimum absolute atomic E-state index is 0.106. The Balaban J connectivity index is 1.69. The Labute approximate surface area is 124 Å². The van der Waals surface area contributed by atoms with Crippen molar-refractivity contribution in [2.24, 2.45) is 0 Å². The molecule has 2 aromatic rings. The lowest BCUT2D eigenvalue weighted by molar-refractivity contribution is -0.123. The van der Waals surface area contributed by atoms with Crippen LogP contribution in [-0.4, -0.2) is 30.0 Å². The molecule has 3 rings (SSSR count). The lowest BCUT2D eigenvalue weighted by atomic mass is 9.94. The van der Waals surface area contributed by atoms with E-state index < -0.39 is 0 Å². The van der Waals surface area contributed by atoms with Gasteiger partial charge < -0.3 is 15.2 Å². The van der Waals surface area contributed by atoms with Crippen molar-refractivity contribution in [1.82, 2.24) is 15.3 Å². The van der Waals surface area contributed by atoms with Crippen LogP contribution in [0.15, 0.2) is 36.8 Å². The Hall–Kier alpha value is -2.30. The fraction of sp³-hybridized carbons (Fsp3) is 0.375. The second-order valence-corrected chi connectivity index (χ2v) is 5.78. The molecule has 0 radical (unpaired) electrons. The molecule has 0 atom stereocenters. The molecule has 0 aliphatic heterocycles. The maximum atomic E-state index is 12.5. The predicted octanol–water partition coefficient (Wildman–Crippen LogP) is 1.82. The SMILES string of the molecule is CN(C)c1ccc(C2(C(=O)NCc3cnc[nH]3)CC2)cc1. The van der Waals surface area contributed by atoms with Gasteiger partial charge in [-0.05, 0) is 30.5 Å². The number of anilines is 1. The molecule has 1 saturated carbocycles. The molecular formula is C16H20N4O. The van der Waals surface area contributed by atoms with Crippen molar-refractivity contribution in [3.8, 4) is 0 Å². The minimum Gasteiger partial charge on any atom is -0.378 e. The first-order chi connectivity index (χ1) is 10.1. The van der Waals surface area contributed by atoms with E-state index in [1.54, 1.807) is 12.5 Å². The smallest absolute Gasteiger partial charge is 0.230 e. The molecule has 5 nitrogen and oxygen atoms in total. The first kappa shape index (κ1) is 13.7. The predicted molar refractivity (Wildman–Crippen MR) is 82.1 cm³/mol. The second-order valence-electron chi connectivity index (χ2n) is 5.78. The number of carbonyl (C=O) groups is 1. The monoisotopic (exact) mass is 284 g/mol. The number of benzene rings is 1. The van der Waals surface area contributed by atoms with E-state index in [0.29, 0.717) is 6.54 Å². The quantitative estimate of drug-likeness (QED) is 0.880. The van der Waals surface area contributed by atoms with Gasteiger partial charge in [-0.1, -0.05) is 12.1 Å². The molecule has 21 heavy (non-hydrogen) atoms. The number of hydrogen-bond acceptors (Lipinski definition) is 3. The standard InChI is InChI=1S/C16H20N4O/c1-20(2)14-5-3-12(4-6-14)16(7-8-16)15(21)18-10-13-9-17-11-19-13/h3-6,9,11H,7-8,10H2,1-2H3,(H,17,19)(H,18,21). The highest BCUT2D eigenvalue weighted by Crippen LogP contribution is 2.48. The summed E-state index contributed by atoms with van der Waals surface area (Å²) in [5.41, 5.74) is 2.84. The topological polar surface area (TPSA) is 61.0 Å². The van der Waals surface area contributed by atoms with Crippen LogP contribution in [0.2, 0.25) is 0 Å². The molecule has 0 unspecified atom stereocenters. The average Bonchev–Trinajstić information content (AvgIpc) is 3.14. The van der Waals surface area contributed by atoms with Gasteiger partial charge >= 0.3 is 0 Å². The molecule has 2 N–H and O–H groups in total. The van der Waals surface area contributed by atoms with Crippen LogP contribution < -0.4 is 10.2 Å².